The fraction of sp³-hybridized carbons (Fsp3) is 0.562. The SMILES string of the molecule is CCN1C[C@H]2CN(S(=O)(=O)Cc3cccc(F)c3)C[C@@H](C1)C(=O)N2. The summed E-state index contributed by atoms with van der Waals surface area (Å²) < 4.78 is 40.2. The van der Waals surface area contributed by atoms with Gasteiger partial charge in [0.05, 0.1) is 17.7 Å². The molecule has 1 aromatic carbocycles. The molecule has 0 radical (unpaired) electrons. The molecule has 0 unspecified atom stereocenters. The predicted octanol–water partition coefficient (Wildman–Crippen LogP) is 0.408. The Balaban J connectivity index is 1.80. The quantitative estimate of drug-likeness (QED) is 0.849. The smallest absolute Gasteiger partial charge is 0.226 e. The first kappa shape index (κ1) is 17.3. The number of halogens is 1. The molecule has 8 heteroatoms. The molecule has 2 heterocycles. The van der Waals surface area contributed by atoms with Crippen LogP contribution in [-0.4, -0.2) is 62.3 Å². The molecule has 132 valence electrons. The van der Waals surface area contributed by atoms with Crippen LogP contribution in [0.15, 0.2) is 24.3 Å². The first-order valence-corrected chi connectivity index (χ1v) is 9.73. The van der Waals surface area contributed by atoms with E-state index in [-0.39, 0.29) is 36.7 Å². The molecular formula is C16H22FN3O3S. The Morgan fingerprint density at radius 2 is 2.04 bits per heavy atom. The lowest BCUT2D eigenvalue weighted by molar-refractivity contribution is -0.124. The molecule has 0 spiro atoms. The zero-order valence-electron chi connectivity index (χ0n) is 13.6. The second-order valence-corrected chi connectivity index (χ2v) is 8.43. The van der Waals surface area contributed by atoms with Crippen molar-refractivity contribution in [2.75, 3.05) is 32.7 Å². The van der Waals surface area contributed by atoms with Gasteiger partial charge in [0.15, 0.2) is 0 Å². The highest BCUT2D eigenvalue weighted by atomic mass is 32.2. The van der Waals surface area contributed by atoms with E-state index in [0.717, 1.165) is 6.54 Å². The van der Waals surface area contributed by atoms with E-state index >= 15 is 0 Å². The van der Waals surface area contributed by atoms with Gasteiger partial charge < -0.3 is 10.2 Å². The van der Waals surface area contributed by atoms with Gasteiger partial charge in [-0.15, -0.1) is 0 Å². The van der Waals surface area contributed by atoms with Crippen molar-refractivity contribution in [1.82, 2.24) is 14.5 Å². The number of nitrogens with zero attached hydrogens (tertiary/aromatic N) is 2. The Labute approximate surface area is 141 Å². The second-order valence-electron chi connectivity index (χ2n) is 6.46. The molecule has 2 fully saturated rings. The molecule has 0 aliphatic carbocycles. The molecule has 1 N–H and O–H groups in total. The number of carbonyl (C=O) groups excluding carboxylic acids is 1. The van der Waals surface area contributed by atoms with Crippen LogP contribution in [0.1, 0.15) is 12.5 Å². The predicted molar refractivity (Wildman–Crippen MR) is 88.1 cm³/mol. The van der Waals surface area contributed by atoms with Crippen molar-refractivity contribution < 1.29 is 17.6 Å². The van der Waals surface area contributed by atoms with Gasteiger partial charge in [0.2, 0.25) is 15.9 Å². The molecule has 1 amide bonds. The van der Waals surface area contributed by atoms with Crippen LogP contribution in [0.4, 0.5) is 4.39 Å². The van der Waals surface area contributed by atoms with Crippen LogP contribution in [0, 0.1) is 11.7 Å². The molecular weight excluding hydrogens is 333 g/mol. The number of benzene rings is 1. The van der Waals surface area contributed by atoms with Crippen LogP contribution in [0.3, 0.4) is 0 Å². The van der Waals surface area contributed by atoms with Crippen molar-refractivity contribution in [2.45, 2.75) is 18.7 Å². The molecule has 1 aromatic rings. The lowest BCUT2D eigenvalue weighted by Gasteiger charge is -2.32. The number of sulfonamides is 1. The van der Waals surface area contributed by atoms with Crippen molar-refractivity contribution in [3.63, 3.8) is 0 Å². The number of likely N-dealkylation sites (N-methyl/N-ethyl adjacent to an activating group) is 1. The maximum absolute atomic E-state index is 13.3. The number of amides is 1. The largest absolute Gasteiger partial charge is 0.350 e. The first-order valence-electron chi connectivity index (χ1n) is 8.12. The molecule has 2 bridgehead atoms. The first-order chi connectivity index (χ1) is 11.4. The van der Waals surface area contributed by atoms with E-state index in [4.69, 9.17) is 0 Å². The summed E-state index contributed by atoms with van der Waals surface area (Å²) in [5.74, 6) is -1.17. The van der Waals surface area contributed by atoms with Crippen molar-refractivity contribution in [2.24, 2.45) is 5.92 Å². The summed E-state index contributed by atoms with van der Waals surface area (Å²) >= 11 is 0. The number of hydrogen-bond donors (Lipinski definition) is 1. The van der Waals surface area contributed by atoms with E-state index in [0.29, 0.717) is 18.7 Å². The summed E-state index contributed by atoms with van der Waals surface area (Å²) in [5, 5.41) is 2.93. The third-order valence-corrected chi connectivity index (χ3v) is 6.38. The third-order valence-electron chi connectivity index (χ3n) is 4.60. The monoisotopic (exact) mass is 355 g/mol. The van der Waals surface area contributed by atoms with Crippen LogP contribution >= 0.6 is 0 Å². The molecule has 0 aromatic heterocycles. The summed E-state index contributed by atoms with van der Waals surface area (Å²) in [5.41, 5.74) is 0.416. The van der Waals surface area contributed by atoms with Crippen LogP contribution in [0.5, 0.6) is 0 Å². The lowest BCUT2D eigenvalue weighted by Crippen LogP contribution is -2.49. The zero-order valence-corrected chi connectivity index (χ0v) is 14.4. The second kappa shape index (κ2) is 6.78. The topological polar surface area (TPSA) is 69.7 Å². The number of rotatable bonds is 4. The van der Waals surface area contributed by atoms with E-state index < -0.39 is 15.8 Å². The van der Waals surface area contributed by atoms with Crippen LogP contribution < -0.4 is 5.32 Å². The highest BCUT2D eigenvalue weighted by molar-refractivity contribution is 7.88. The summed E-state index contributed by atoms with van der Waals surface area (Å²) in [7, 11) is -3.61. The molecule has 2 saturated heterocycles. The van der Waals surface area contributed by atoms with E-state index in [1.54, 1.807) is 6.07 Å². The van der Waals surface area contributed by atoms with Gasteiger partial charge in [0.1, 0.15) is 5.82 Å². The van der Waals surface area contributed by atoms with Gasteiger partial charge in [0, 0.05) is 26.2 Å². The minimum Gasteiger partial charge on any atom is -0.350 e. The van der Waals surface area contributed by atoms with Gasteiger partial charge in [-0.05, 0) is 24.2 Å². The van der Waals surface area contributed by atoms with Crippen molar-refractivity contribution in [3.05, 3.63) is 35.6 Å². The van der Waals surface area contributed by atoms with Gasteiger partial charge >= 0.3 is 0 Å². The number of hydrogen-bond acceptors (Lipinski definition) is 4. The van der Waals surface area contributed by atoms with Gasteiger partial charge in [-0.3, -0.25) is 4.79 Å². The summed E-state index contributed by atoms with van der Waals surface area (Å²) in [6.07, 6.45) is 0. The summed E-state index contributed by atoms with van der Waals surface area (Å²) in [4.78, 5) is 14.4. The molecule has 3 rings (SSSR count). The van der Waals surface area contributed by atoms with Crippen molar-refractivity contribution in [3.8, 4) is 0 Å². The van der Waals surface area contributed by atoms with Crippen molar-refractivity contribution >= 4 is 15.9 Å². The van der Waals surface area contributed by atoms with Crippen LogP contribution in [0.25, 0.3) is 0 Å². The third kappa shape index (κ3) is 3.76. The average Bonchev–Trinajstić information content (AvgIpc) is 2.73. The minimum absolute atomic E-state index is 0.0839. The number of carbonyl (C=O) groups is 1. The zero-order chi connectivity index (χ0) is 17.3. The molecule has 6 nitrogen and oxygen atoms in total. The van der Waals surface area contributed by atoms with E-state index in [1.165, 1.54) is 22.5 Å². The Morgan fingerprint density at radius 3 is 2.75 bits per heavy atom. The van der Waals surface area contributed by atoms with Crippen LogP contribution in [0.2, 0.25) is 0 Å². The maximum atomic E-state index is 13.3. The van der Waals surface area contributed by atoms with E-state index in [9.17, 15) is 17.6 Å². The molecule has 2 aliphatic rings. The lowest BCUT2D eigenvalue weighted by atomic mass is 10.1. The van der Waals surface area contributed by atoms with E-state index in [1.807, 2.05) is 6.92 Å². The van der Waals surface area contributed by atoms with Gasteiger partial charge in [-0.25, -0.2) is 12.8 Å². The Morgan fingerprint density at radius 1 is 1.25 bits per heavy atom. The van der Waals surface area contributed by atoms with Gasteiger partial charge in [-0.1, -0.05) is 19.1 Å². The fourth-order valence-corrected chi connectivity index (χ4v) is 4.97. The number of fused-ring (bicyclic) bond motifs is 3. The summed E-state index contributed by atoms with van der Waals surface area (Å²) in [6, 6.07) is 5.41. The molecule has 24 heavy (non-hydrogen) atoms. The van der Waals surface area contributed by atoms with Crippen molar-refractivity contribution in [1.29, 1.82) is 0 Å². The van der Waals surface area contributed by atoms with Gasteiger partial charge in [-0.2, -0.15) is 4.31 Å². The number of nitrogens with one attached hydrogen (secondary N) is 1. The Hall–Kier alpha value is -1.51. The highest BCUT2D eigenvalue weighted by Gasteiger charge is 2.39. The molecule has 0 saturated carbocycles. The maximum Gasteiger partial charge on any atom is 0.226 e. The standard InChI is InChI=1S/C16H22FN3O3S/c1-2-19-7-13-8-20(10-15(9-19)18-16(13)21)24(22,23)11-12-4-3-5-14(17)6-12/h3-6,13,15H,2,7-11H2,1H3,(H,18,21)/t13-,15+/m1/s1. The highest BCUT2D eigenvalue weighted by Crippen LogP contribution is 2.20. The molecule has 2 atom stereocenters. The molecule has 2 aliphatic heterocycles. The Bertz CT molecular complexity index is 725. The average molecular weight is 355 g/mol. The minimum atomic E-state index is -3.61. The Kier molecular flexibility index (Phi) is 4.89. The fourth-order valence-electron chi connectivity index (χ4n) is 3.37. The normalized spacial score (nSPS) is 26.0. The van der Waals surface area contributed by atoms with Gasteiger partial charge in [0.25, 0.3) is 0 Å². The summed E-state index contributed by atoms with van der Waals surface area (Å²) in [6.45, 7) is 4.50. The van der Waals surface area contributed by atoms with Crippen LogP contribution in [-0.2, 0) is 20.6 Å². The van der Waals surface area contributed by atoms with E-state index in [2.05, 4.69) is 10.2 Å².